The lowest BCUT2D eigenvalue weighted by molar-refractivity contribution is 0.474. The van der Waals surface area contributed by atoms with Gasteiger partial charge in [0.25, 0.3) is 0 Å². The fourth-order valence-electron chi connectivity index (χ4n) is 1.79. The third kappa shape index (κ3) is 3.36. The molecule has 20 heavy (non-hydrogen) atoms. The second-order valence-corrected chi connectivity index (χ2v) is 5.50. The van der Waals surface area contributed by atoms with E-state index in [1.54, 1.807) is 0 Å². The van der Waals surface area contributed by atoms with Crippen LogP contribution in [0, 0.1) is 11.6 Å². The van der Waals surface area contributed by atoms with E-state index in [1.807, 2.05) is 16.9 Å². The summed E-state index contributed by atoms with van der Waals surface area (Å²) < 4.78 is 28.9. The lowest BCUT2D eigenvalue weighted by Crippen LogP contribution is -2.07. The zero-order valence-electron chi connectivity index (χ0n) is 11.3. The molecule has 1 atom stereocenters. The number of nitrogens with one attached hydrogen (secondary N) is 1. The van der Waals surface area contributed by atoms with Crippen LogP contribution >= 0.6 is 15.9 Å². The smallest absolute Gasteiger partial charge is 0.150 e. The van der Waals surface area contributed by atoms with E-state index in [4.69, 9.17) is 0 Å². The van der Waals surface area contributed by atoms with Crippen molar-refractivity contribution in [2.24, 2.45) is 0 Å². The second kappa shape index (κ2) is 6.35. The molecule has 0 bridgehead atoms. The summed E-state index contributed by atoms with van der Waals surface area (Å²) in [6.45, 7) is 4.56. The molecule has 108 valence electrons. The number of rotatable bonds is 5. The van der Waals surface area contributed by atoms with Gasteiger partial charge in [0.15, 0.2) is 0 Å². The Morgan fingerprint density at radius 3 is 2.80 bits per heavy atom. The van der Waals surface area contributed by atoms with Crippen LogP contribution in [0.15, 0.2) is 28.9 Å². The Balaban J connectivity index is 2.07. The molecule has 0 aliphatic heterocycles. The van der Waals surface area contributed by atoms with Crippen molar-refractivity contribution in [1.29, 1.82) is 0 Å². The van der Waals surface area contributed by atoms with Crippen LogP contribution in [0.1, 0.15) is 32.0 Å². The van der Waals surface area contributed by atoms with Crippen LogP contribution in [0.5, 0.6) is 0 Å². The molecule has 2 aromatic rings. The molecule has 2 rings (SSSR count). The normalized spacial score (nSPS) is 12.4. The Hall–Kier alpha value is -1.43. The largest absolute Gasteiger partial charge is 0.376 e. The van der Waals surface area contributed by atoms with Crippen LogP contribution in [-0.4, -0.2) is 9.78 Å². The molecule has 6 heteroatoms. The van der Waals surface area contributed by atoms with E-state index in [0.717, 1.165) is 18.2 Å². The van der Waals surface area contributed by atoms with Crippen LogP contribution in [0.4, 0.5) is 14.5 Å². The molecule has 3 nitrogen and oxygen atoms in total. The molecule has 0 radical (unpaired) electrons. The van der Waals surface area contributed by atoms with Crippen LogP contribution in [0.25, 0.3) is 0 Å². The summed E-state index contributed by atoms with van der Waals surface area (Å²) in [6, 6.07) is 4.29. The highest BCUT2D eigenvalue weighted by Crippen LogP contribution is 2.27. The third-order valence-corrected chi connectivity index (χ3v) is 3.78. The molecule has 1 N–H and O–H groups in total. The quantitative estimate of drug-likeness (QED) is 0.865. The van der Waals surface area contributed by atoms with Crippen LogP contribution in [0.2, 0.25) is 0 Å². The van der Waals surface area contributed by atoms with Gasteiger partial charge >= 0.3 is 0 Å². The first-order chi connectivity index (χ1) is 9.51. The van der Waals surface area contributed by atoms with Gasteiger partial charge in [-0.15, -0.1) is 0 Å². The van der Waals surface area contributed by atoms with E-state index in [0.29, 0.717) is 17.1 Å². The fourth-order valence-corrected chi connectivity index (χ4v) is 2.34. The van der Waals surface area contributed by atoms with Crippen molar-refractivity contribution in [1.82, 2.24) is 9.78 Å². The number of benzene rings is 1. The van der Waals surface area contributed by atoms with E-state index in [1.165, 1.54) is 6.07 Å². The Labute approximate surface area is 125 Å². The van der Waals surface area contributed by atoms with Crippen molar-refractivity contribution in [3.8, 4) is 0 Å². The summed E-state index contributed by atoms with van der Waals surface area (Å²) in [5.74, 6) is -1.24. The highest BCUT2D eigenvalue weighted by atomic mass is 79.9. The molecule has 1 unspecified atom stereocenters. The van der Waals surface area contributed by atoms with E-state index in [9.17, 15) is 8.78 Å². The summed E-state index contributed by atoms with van der Waals surface area (Å²) >= 11 is 3.14. The zero-order chi connectivity index (χ0) is 14.7. The number of halogens is 3. The van der Waals surface area contributed by atoms with Crippen molar-refractivity contribution in [2.45, 2.75) is 32.9 Å². The first kappa shape index (κ1) is 15.0. The van der Waals surface area contributed by atoms with Crippen LogP contribution in [0.3, 0.4) is 0 Å². The summed E-state index contributed by atoms with van der Waals surface area (Å²) in [4.78, 5) is 0. The molecule has 1 heterocycles. The molecule has 0 aliphatic carbocycles. The number of aromatic nitrogens is 2. The summed E-state index contributed by atoms with van der Waals surface area (Å²) in [5, 5.41) is 7.35. The van der Waals surface area contributed by atoms with E-state index >= 15 is 0 Å². The average Bonchev–Trinajstić information content (AvgIpc) is 2.85. The lowest BCUT2D eigenvalue weighted by atomic mass is 10.3. The molecule has 0 saturated carbocycles. The molecule has 0 fully saturated rings. The number of hydrogen-bond acceptors (Lipinski definition) is 2. The summed E-state index contributed by atoms with van der Waals surface area (Å²) in [5.41, 5.74) is 1.05. The Morgan fingerprint density at radius 1 is 1.40 bits per heavy atom. The minimum absolute atomic E-state index is 0.240. The molecular formula is C14H16BrF2N3. The van der Waals surface area contributed by atoms with Crippen LogP contribution < -0.4 is 5.32 Å². The van der Waals surface area contributed by atoms with Gasteiger partial charge in [0, 0.05) is 22.8 Å². The first-order valence-electron chi connectivity index (χ1n) is 6.43. The average molecular weight is 344 g/mol. The van der Waals surface area contributed by atoms with Crippen molar-refractivity contribution in [3.63, 3.8) is 0 Å². The third-order valence-electron chi connectivity index (χ3n) is 3.16. The maximum absolute atomic E-state index is 13.6. The maximum atomic E-state index is 13.6. The predicted octanol–water partition coefficient (Wildman–Crippen LogP) is 4.51. The standard InChI is InChI=1S/C14H16BrF2N3/c1-3-9(2)20-5-4-11(19-20)8-18-14-12(15)6-10(16)7-13(14)17/h4-7,9,18H,3,8H2,1-2H3. The van der Waals surface area contributed by atoms with Gasteiger partial charge in [0.05, 0.1) is 17.9 Å². The van der Waals surface area contributed by atoms with Gasteiger partial charge in [-0.25, -0.2) is 8.78 Å². The van der Waals surface area contributed by atoms with Crippen molar-refractivity contribution in [3.05, 3.63) is 46.2 Å². The molecular weight excluding hydrogens is 328 g/mol. The maximum Gasteiger partial charge on any atom is 0.150 e. The SMILES string of the molecule is CCC(C)n1ccc(CNc2c(F)cc(F)cc2Br)n1. The number of hydrogen-bond donors (Lipinski definition) is 1. The molecule has 1 aromatic carbocycles. The highest BCUT2D eigenvalue weighted by molar-refractivity contribution is 9.10. The first-order valence-corrected chi connectivity index (χ1v) is 7.23. The van der Waals surface area contributed by atoms with Gasteiger partial charge in [0.1, 0.15) is 11.6 Å². The molecule has 0 aliphatic rings. The van der Waals surface area contributed by atoms with Gasteiger partial charge in [-0.2, -0.15) is 5.10 Å². The minimum Gasteiger partial charge on any atom is -0.376 e. The molecule has 0 spiro atoms. The topological polar surface area (TPSA) is 29.9 Å². The molecule has 0 amide bonds. The Kier molecular flexibility index (Phi) is 4.75. The van der Waals surface area contributed by atoms with Gasteiger partial charge in [0.2, 0.25) is 0 Å². The van der Waals surface area contributed by atoms with Gasteiger partial charge in [-0.3, -0.25) is 4.68 Å². The molecule has 0 saturated heterocycles. The molecule has 1 aromatic heterocycles. The van der Waals surface area contributed by atoms with Gasteiger partial charge in [-0.05, 0) is 41.4 Å². The Morgan fingerprint density at radius 2 is 2.15 bits per heavy atom. The van der Waals surface area contributed by atoms with Crippen molar-refractivity contribution in [2.75, 3.05) is 5.32 Å². The van der Waals surface area contributed by atoms with E-state index in [-0.39, 0.29) is 5.69 Å². The second-order valence-electron chi connectivity index (χ2n) is 4.64. The minimum atomic E-state index is -0.627. The van der Waals surface area contributed by atoms with E-state index < -0.39 is 11.6 Å². The number of anilines is 1. The van der Waals surface area contributed by atoms with Gasteiger partial charge < -0.3 is 5.32 Å². The van der Waals surface area contributed by atoms with Crippen LogP contribution in [-0.2, 0) is 6.54 Å². The van der Waals surface area contributed by atoms with E-state index in [2.05, 4.69) is 40.2 Å². The number of nitrogens with zero attached hydrogens (tertiary/aromatic N) is 2. The van der Waals surface area contributed by atoms with Crippen molar-refractivity contribution >= 4 is 21.6 Å². The monoisotopic (exact) mass is 343 g/mol. The predicted molar refractivity (Wildman–Crippen MR) is 78.6 cm³/mol. The summed E-state index contributed by atoms with van der Waals surface area (Å²) in [7, 11) is 0. The fraction of sp³-hybridized carbons (Fsp3) is 0.357. The van der Waals surface area contributed by atoms with Gasteiger partial charge in [-0.1, -0.05) is 6.92 Å². The lowest BCUT2D eigenvalue weighted by Gasteiger charge is -2.10. The highest BCUT2D eigenvalue weighted by Gasteiger charge is 2.10. The zero-order valence-corrected chi connectivity index (χ0v) is 12.9. The summed E-state index contributed by atoms with van der Waals surface area (Å²) in [6.07, 6.45) is 2.90. The Bertz CT molecular complexity index is 575. The van der Waals surface area contributed by atoms with Crippen molar-refractivity contribution < 1.29 is 8.78 Å².